The molecule has 1 aliphatic rings. The van der Waals surface area contributed by atoms with Crippen LogP contribution in [0.25, 0.3) is 33.1 Å². The van der Waals surface area contributed by atoms with Crippen LogP contribution < -0.4 is 4.72 Å². The molecule has 0 saturated carbocycles. The lowest BCUT2D eigenvalue weighted by atomic mass is 10.0. The Hall–Kier alpha value is -2.88. The first-order chi connectivity index (χ1) is 15.3. The first-order valence-electron chi connectivity index (χ1n) is 10.8. The molecule has 0 spiro atoms. The molecular formula is C23H27N5O3S. The lowest BCUT2D eigenvalue weighted by Gasteiger charge is -2.26. The number of aryl methyl sites for hydroxylation is 1. The first kappa shape index (κ1) is 21.0. The molecule has 8 nitrogen and oxygen atoms in total. The highest BCUT2D eigenvalue weighted by Gasteiger charge is 2.26. The highest BCUT2D eigenvalue weighted by molar-refractivity contribution is 7.90. The van der Waals surface area contributed by atoms with E-state index in [-0.39, 0.29) is 6.04 Å². The number of anilines is 1. The van der Waals surface area contributed by atoms with E-state index < -0.39 is 10.2 Å². The predicted octanol–water partition coefficient (Wildman–Crippen LogP) is 3.76. The van der Waals surface area contributed by atoms with Crippen LogP contribution in [0.15, 0.2) is 48.9 Å². The van der Waals surface area contributed by atoms with Crippen LogP contribution >= 0.6 is 0 Å². The number of nitrogens with one attached hydrogen (secondary N) is 1. The van der Waals surface area contributed by atoms with Gasteiger partial charge in [0.05, 0.1) is 24.3 Å². The molecule has 5 rings (SSSR count). The standard InChI is InChI=1S/C23H27N5O3S/c1-16(2)28-15-19(18-5-4-17-7-9-26(3)21(17)14-18)22-20(6-8-24-23(22)28)25-32(29,30)27-10-12-31-13-11-27/h4-9,14-16H,10-13H2,1-3H3,(H,24,25). The van der Waals surface area contributed by atoms with E-state index in [1.807, 2.05) is 13.2 Å². The van der Waals surface area contributed by atoms with Crippen molar-refractivity contribution in [1.29, 1.82) is 0 Å². The van der Waals surface area contributed by atoms with E-state index in [2.05, 4.69) is 63.2 Å². The SMILES string of the molecule is CC(C)n1cc(-c2ccc3ccn(C)c3c2)c2c(NS(=O)(=O)N3CCOCC3)ccnc21. The second kappa shape index (κ2) is 7.91. The molecule has 32 heavy (non-hydrogen) atoms. The fraction of sp³-hybridized carbons (Fsp3) is 0.348. The Morgan fingerprint density at radius 2 is 1.91 bits per heavy atom. The van der Waals surface area contributed by atoms with Gasteiger partial charge in [0.15, 0.2) is 0 Å². The van der Waals surface area contributed by atoms with E-state index in [1.54, 1.807) is 12.3 Å². The van der Waals surface area contributed by atoms with Gasteiger partial charge >= 0.3 is 10.2 Å². The number of pyridine rings is 1. The largest absolute Gasteiger partial charge is 0.379 e. The summed E-state index contributed by atoms with van der Waals surface area (Å²) in [6, 6.07) is 10.3. The maximum Gasteiger partial charge on any atom is 0.301 e. The van der Waals surface area contributed by atoms with Gasteiger partial charge in [-0.25, -0.2) is 4.98 Å². The van der Waals surface area contributed by atoms with E-state index in [9.17, 15) is 8.42 Å². The normalized spacial score (nSPS) is 15.8. The topological polar surface area (TPSA) is 81.4 Å². The minimum atomic E-state index is -3.71. The van der Waals surface area contributed by atoms with E-state index in [0.29, 0.717) is 32.0 Å². The third-order valence-corrected chi connectivity index (χ3v) is 7.54. The van der Waals surface area contributed by atoms with Gasteiger partial charge in [-0.3, -0.25) is 4.72 Å². The summed E-state index contributed by atoms with van der Waals surface area (Å²) < 4.78 is 39.9. The average Bonchev–Trinajstić information content (AvgIpc) is 3.36. The summed E-state index contributed by atoms with van der Waals surface area (Å²) in [6.45, 7) is 5.67. The zero-order chi connectivity index (χ0) is 22.5. The summed E-state index contributed by atoms with van der Waals surface area (Å²) in [4.78, 5) is 4.61. The molecule has 168 valence electrons. The molecule has 0 bridgehead atoms. The van der Waals surface area contributed by atoms with Crippen LogP contribution in [0.3, 0.4) is 0 Å². The molecule has 0 radical (unpaired) electrons. The van der Waals surface area contributed by atoms with E-state index in [1.165, 1.54) is 4.31 Å². The molecule has 9 heteroatoms. The molecule has 0 amide bonds. The molecule has 4 heterocycles. The summed E-state index contributed by atoms with van der Waals surface area (Å²) in [7, 11) is -1.69. The predicted molar refractivity (Wildman–Crippen MR) is 127 cm³/mol. The third kappa shape index (κ3) is 3.56. The fourth-order valence-electron chi connectivity index (χ4n) is 4.29. The van der Waals surface area contributed by atoms with Crippen molar-refractivity contribution in [1.82, 2.24) is 18.4 Å². The molecule has 1 N–H and O–H groups in total. The third-order valence-electron chi connectivity index (χ3n) is 6.02. The zero-order valence-electron chi connectivity index (χ0n) is 18.4. The molecule has 1 fully saturated rings. The second-order valence-corrected chi connectivity index (χ2v) is 10.1. The van der Waals surface area contributed by atoms with E-state index in [4.69, 9.17) is 4.74 Å². The Balaban J connectivity index is 1.68. The number of benzene rings is 1. The van der Waals surface area contributed by atoms with Gasteiger partial charge in [-0.05, 0) is 43.0 Å². The van der Waals surface area contributed by atoms with Crippen molar-refractivity contribution in [2.24, 2.45) is 7.05 Å². The van der Waals surface area contributed by atoms with Crippen molar-refractivity contribution in [3.63, 3.8) is 0 Å². The van der Waals surface area contributed by atoms with Crippen LogP contribution in [0.1, 0.15) is 19.9 Å². The van der Waals surface area contributed by atoms with Gasteiger partial charge in [0.25, 0.3) is 0 Å². The lowest BCUT2D eigenvalue weighted by molar-refractivity contribution is 0.0733. The van der Waals surface area contributed by atoms with E-state index in [0.717, 1.165) is 33.1 Å². The number of aromatic nitrogens is 3. The van der Waals surface area contributed by atoms with Gasteiger partial charge in [-0.1, -0.05) is 12.1 Å². The second-order valence-electron chi connectivity index (χ2n) is 8.42. The monoisotopic (exact) mass is 453 g/mol. The Labute approximate surface area is 187 Å². The molecule has 4 aromatic rings. The van der Waals surface area contributed by atoms with Gasteiger partial charge in [0.1, 0.15) is 5.65 Å². The maximum atomic E-state index is 13.1. The molecular weight excluding hydrogens is 426 g/mol. The molecule has 0 aliphatic carbocycles. The molecule has 0 atom stereocenters. The summed E-state index contributed by atoms with van der Waals surface area (Å²) >= 11 is 0. The fourth-order valence-corrected chi connectivity index (χ4v) is 5.50. The number of hydrogen-bond donors (Lipinski definition) is 1. The Morgan fingerprint density at radius 3 is 2.66 bits per heavy atom. The van der Waals surface area contributed by atoms with Gasteiger partial charge in [-0.15, -0.1) is 0 Å². The molecule has 1 saturated heterocycles. The first-order valence-corrected chi connectivity index (χ1v) is 12.2. The minimum Gasteiger partial charge on any atom is -0.379 e. The van der Waals surface area contributed by atoms with Crippen LogP contribution in [0.4, 0.5) is 5.69 Å². The molecule has 1 aliphatic heterocycles. The quantitative estimate of drug-likeness (QED) is 0.499. The number of rotatable bonds is 5. The Kier molecular flexibility index (Phi) is 5.19. The Morgan fingerprint density at radius 1 is 1.12 bits per heavy atom. The highest BCUT2D eigenvalue weighted by Crippen LogP contribution is 2.37. The number of ether oxygens (including phenoxy) is 1. The van der Waals surface area contributed by atoms with E-state index >= 15 is 0 Å². The van der Waals surface area contributed by atoms with Crippen molar-refractivity contribution in [3.8, 4) is 11.1 Å². The zero-order valence-corrected chi connectivity index (χ0v) is 19.3. The summed E-state index contributed by atoms with van der Waals surface area (Å²) in [6.07, 6.45) is 5.76. The van der Waals surface area contributed by atoms with Gasteiger partial charge in [-0.2, -0.15) is 12.7 Å². The average molecular weight is 454 g/mol. The molecule has 3 aromatic heterocycles. The van der Waals surface area contributed by atoms with Crippen LogP contribution in [-0.4, -0.2) is 53.1 Å². The molecule has 1 aromatic carbocycles. The smallest absolute Gasteiger partial charge is 0.301 e. The van der Waals surface area contributed by atoms with Crippen molar-refractivity contribution in [3.05, 3.63) is 48.9 Å². The van der Waals surface area contributed by atoms with Crippen molar-refractivity contribution in [2.45, 2.75) is 19.9 Å². The van der Waals surface area contributed by atoms with Crippen molar-refractivity contribution < 1.29 is 13.2 Å². The van der Waals surface area contributed by atoms with Crippen LogP contribution in [0, 0.1) is 0 Å². The van der Waals surface area contributed by atoms with Crippen LogP contribution in [-0.2, 0) is 22.0 Å². The summed E-state index contributed by atoms with van der Waals surface area (Å²) in [5, 5.41) is 1.96. The summed E-state index contributed by atoms with van der Waals surface area (Å²) in [5.41, 5.74) is 4.37. The van der Waals surface area contributed by atoms with Crippen molar-refractivity contribution in [2.75, 3.05) is 31.0 Å². The van der Waals surface area contributed by atoms with Crippen molar-refractivity contribution >= 4 is 37.8 Å². The maximum absolute atomic E-state index is 13.1. The number of nitrogens with zero attached hydrogens (tertiary/aromatic N) is 4. The number of hydrogen-bond acceptors (Lipinski definition) is 4. The Bertz CT molecular complexity index is 1400. The van der Waals surface area contributed by atoms with Crippen LogP contribution in [0.5, 0.6) is 0 Å². The number of morpholine rings is 1. The van der Waals surface area contributed by atoms with Gasteiger partial charge < -0.3 is 13.9 Å². The van der Waals surface area contributed by atoms with Crippen LogP contribution in [0.2, 0.25) is 0 Å². The van der Waals surface area contributed by atoms with Gasteiger partial charge in [0.2, 0.25) is 0 Å². The highest BCUT2D eigenvalue weighted by atomic mass is 32.2. The lowest BCUT2D eigenvalue weighted by Crippen LogP contribution is -2.43. The number of fused-ring (bicyclic) bond motifs is 2. The summed E-state index contributed by atoms with van der Waals surface area (Å²) in [5.74, 6) is 0. The van der Waals surface area contributed by atoms with Gasteiger partial charge in [0, 0.05) is 55.8 Å². The minimum absolute atomic E-state index is 0.170. The molecule has 0 unspecified atom stereocenters.